The second kappa shape index (κ2) is 7.61. The number of nitrogens with two attached hydrogens (primary N) is 1. The van der Waals surface area contributed by atoms with Crippen LogP contribution in [-0.4, -0.2) is 38.6 Å². The van der Waals surface area contributed by atoms with Crippen LogP contribution in [0, 0.1) is 0 Å². The van der Waals surface area contributed by atoms with E-state index in [-0.39, 0.29) is 0 Å². The Bertz CT molecular complexity index is 885. The summed E-state index contributed by atoms with van der Waals surface area (Å²) in [5.74, 6) is 0.827. The SMILES string of the molecule is NC1CCN(Cc2ccn3ncnc(NCc4ccccc4Cl)c23)CC1. The lowest BCUT2D eigenvalue weighted by Crippen LogP contribution is -2.39. The normalized spacial score (nSPS) is 16.2. The van der Waals surface area contributed by atoms with Crippen LogP contribution in [0.2, 0.25) is 5.02 Å². The molecule has 1 saturated heterocycles. The van der Waals surface area contributed by atoms with Gasteiger partial charge in [0, 0.05) is 30.4 Å². The molecule has 0 saturated carbocycles. The molecule has 0 spiro atoms. The first kappa shape index (κ1) is 17.3. The summed E-state index contributed by atoms with van der Waals surface area (Å²) in [5, 5.41) is 8.52. The van der Waals surface area contributed by atoms with Crippen LogP contribution in [0.5, 0.6) is 0 Å². The van der Waals surface area contributed by atoms with Crippen molar-refractivity contribution in [2.24, 2.45) is 5.73 Å². The molecule has 0 amide bonds. The van der Waals surface area contributed by atoms with Gasteiger partial charge in [0.25, 0.3) is 0 Å². The predicted octanol–water partition coefficient (Wildman–Crippen LogP) is 2.92. The first-order valence-electron chi connectivity index (χ1n) is 8.97. The highest BCUT2D eigenvalue weighted by molar-refractivity contribution is 6.31. The molecule has 1 fully saturated rings. The standard InChI is InChI=1S/C19H23ClN6/c20-17-4-2-1-3-14(17)11-22-19-18-15(5-10-26(18)24-13-23-19)12-25-8-6-16(21)7-9-25/h1-5,10,13,16H,6-9,11-12,21H2,(H,22,23,24). The number of aromatic nitrogens is 3. The van der Waals surface area contributed by atoms with E-state index in [9.17, 15) is 0 Å². The monoisotopic (exact) mass is 370 g/mol. The molecule has 26 heavy (non-hydrogen) atoms. The number of halogens is 1. The third kappa shape index (κ3) is 3.67. The van der Waals surface area contributed by atoms with E-state index in [0.29, 0.717) is 12.6 Å². The summed E-state index contributed by atoms with van der Waals surface area (Å²) in [6.07, 6.45) is 5.67. The summed E-state index contributed by atoms with van der Waals surface area (Å²) in [6, 6.07) is 10.3. The van der Waals surface area contributed by atoms with Crippen molar-refractivity contribution < 1.29 is 0 Å². The Balaban J connectivity index is 1.55. The average molecular weight is 371 g/mol. The Morgan fingerprint density at radius 2 is 1.96 bits per heavy atom. The molecule has 6 nitrogen and oxygen atoms in total. The molecule has 3 N–H and O–H groups in total. The van der Waals surface area contributed by atoms with Crippen LogP contribution < -0.4 is 11.1 Å². The summed E-state index contributed by atoms with van der Waals surface area (Å²) in [7, 11) is 0. The number of likely N-dealkylation sites (tertiary alicyclic amines) is 1. The zero-order valence-corrected chi connectivity index (χ0v) is 15.4. The molecular formula is C19H23ClN6. The van der Waals surface area contributed by atoms with Gasteiger partial charge in [-0.3, -0.25) is 4.90 Å². The van der Waals surface area contributed by atoms with E-state index in [1.54, 1.807) is 6.33 Å². The van der Waals surface area contributed by atoms with Crippen LogP contribution in [0.3, 0.4) is 0 Å². The molecule has 4 rings (SSSR count). The number of fused-ring (bicyclic) bond motifs is 1. The molecule has 2 aromatic heterocycles. The zero-order valence-electron chi connectivity index (χ0n) is 14.6. The molecule has 3 heterocycles. The van der Waals surface area contributed by atoms with E-state index in [1.165, 1.54) is 5.56 Å². The minimum absolute atomic E-state index is 0.341. The van der Waals surface area contributed by atoms with Crippen LogP contribution in [-0.2, 0) is 13.1 Å². The second-order valence-electron chi connectivity index (χ2n) is 6.80. The number of hydrogen-bond donors (Lipinski definition) is 2. The van der Waals surface area contributed by atoms with E-state index >= 15 is 0 Å². The number of piperidine rings is 1. The maximum absolute atomic E-state index is 6.26. The van der Waals surface area contributed by atoms with Crippen molar-refractivity contribution in [1.29, 1.82) is 0 Å². The number of nitrogens with one attached hydrogen (secondary N) is 1. The fraction of sp³-hybridized carbons (Fsp3) is 0.368. The summed E-state index contributed by atoms with van der Waals surface area (Å²) >= 11 is 6.26. The van der Waals surface area contributed by atoms with Crippen LogP contribution in [0.1, 0.15) is 24.0 Å². The third-order valence-electron chi connectivity index (χ3n) is 4.97. The van der Waals surface area contributed by atoms with E-state index < -0.39 is 0 Å². The minimum Gasteiger partial charge on any atom is -0.364 e. The van der Waals surface area contributed by atoms with Crippen molar-refractivity contribution in [2.75, 3.05) is 18.4 Å². The first-order chi connectivity index (χ1) is 12.7. The average Bonchev–Trinajstić information content (AvgIpc) is 3.06. The molecule has 136 valence electrons. The van der Waals surface area contributed by atoms with Gasteiger partial charge in [0.1, 0.15) is 11.8 Å². The Labute approximate surface area is 158 Å². The van der Waals surface area contributed by atoms with Gasteiger partial charge >= 0.3 is 0 Å². The second-order valence-corrected chi connectivity index (χ2v) is 7.21. The first-order valence-corrected chi connectivity index (χ1v) is 9.35. The number of benzene rings is 1. The smallest absolute Gasteiger partial charge is 0.154 e. The number of nitrogens with zero attached hydrogens (tertiary/aromatic N) is 4. The summed E-state index contributed by atoms with van der Waals surface area (Å²) in [5.41, 5.74) is 9.31. The fourth-order valence-electron chi connectivity index (χ4n) is 3.45. The van der Waals surface area contributed by atoms with Crippen molar-refractivity contribution in [2.45, 2.75) is 32.0 Å². The molecular weight excluding hydrogens is 348 g/mol. The molecule has 1 aliphatic heterocycles. The summed E-state index contributed by atoms with van der Waals surface area (Å²) in [6.45, 7) is 3.58. The van der Waals surface area contributed by atoms with Gasteiger partial charge in [0.15, 0.2) is 5.82 Å². The molecule has 0 unspecified atom stereocenters. The molecule has 0 radical (unpaired) electrons. The van der Waals surface area contributed by atoms with Crippen LogP contribution >= 0.6 is 11.6 Å². The van der Waals surface area contributed by atoms with Gasteiger partial charge in [-0.2, -0.15) is 5.10 Å². The van der Waals surface area contributed by atoms with Gasteiger partial charge in [-0.1, -0.05) is 29.8 Å². The lowest BCUT2D eigenvalue weighted by molar-refractivity contribution is 0.206. The van der Waals surface area contributed by atoms with E-state index in [2.05, 4.69) is 26.4 Å². The van der Waals surface area contributed by atoms with Crippen molar-refractivity contribution >= 4 is 22.9 Å². The Kier molecular flexibility index (Phi) is 5.06. The quantitative estimate of drug-likeness (QED) is 0.722. The van der Waals surface area contributed by atoms with Gasteiger partial charge in [-0.25, -0.2) is 9.50 Å². The Morgan fingerprint density at radius 3 is 2.77 bits per heavy atom. The van der Waals surface area contributed by atoms with Crippen LogP contribution in [0.25, 0.3) is 5.52 Å². The van der Waals surface area contributed by atoms with Gasteiger partial charge in [0.2, 0.25) is 0 Å². The van der Waals surface area contributed by atoms with Gasteiger partial charge in [-0.15, -0.1) is 0 Å². The van der Waals surface area contributed by atoms with E-state index in [4.69, 9.17) is 17.3 Å². The largest absolute Gasteiger partial charge is 0.364 e. The number of hydrogen-bond acceptors (Lipinski definition) is 5. The van der Waals surface area contributed by atoms with Gasteiger partial charge in [0.05, 0.1) is 0 Å². The highest BCUT2D eigenvalue weighted by Gasteiger charge is 2.18. The molecule has 0 atom stereocenters. The highest BCUT2D eigenvalue weighted by Crippen LogP contribution is 2.23. The molecule has 1 aliphatic rings. The minimum atomic E-state index is 0.341. The van der Waals surface area contributed by atoms with Gasteiger partial charge in [-0.05, 0) is 49.2 Å². The van der Waals surface area contributed by atoms with Crippen molar-refractivity contribution in [3.05, 3.63) is 59.0 Å². The third-order valence-corrected chi connectivity index (χ3v) is 5.34. The lowest BCUT2D eigenvalue weighted by atomic mass is 10.1. The highest BCUT2D eigenvalue weighted by atomic mass is 35.5. The fourth-order valence-corrected chi connectivity index (χ4v) is 3.65. The zero-order chi connectivity index (χ0) is 17.9. The summed E-state index contributed by atoms with van der Waals surface area (Å²) in [4.78, 5) is 6.91. The lowest BCUT2D eigenvalue weighted by Gasteiger charge is -2.29. The molecule has 0 bridgehead atoms. The van der Waals surface area contributed by atoms with Crippen molar-refractivity contribution in [1.82, 2.24) is 19.5 Å². The van der Waals surface area contributed by atoms with Crippen molar-refractivity contribution in [3.8, 4) is 0 Å². The van der Waals surface area contributed by atoms with Crippen LogP contribution in [0.15, 0.2) is 42.9 Å². The number of anilines is 1. The molecule has 0 aliphatic carbocycles. The number of rotatable bonds is 5. The van der Waals surface area contributed by atoms with E-state index in [1.807, 2.05) is 35.0 Å². The Hall–Kier alpha value is -2.15. The topological polar surface area (TPSA) is 71.5 Å². The van der Waals surface area contributed by atoms with Crippen LogP contribution in [0.4, 0.5) is 5.82 Å². The molecule has 7 heteroatoms. The maximum Gasteiger partial charge on any atom is 0.154 e. The predicted molar refractivity (Wildman–Crippen MR) is 104 cm³/mol. The molecule has 1 aromatic carbocycles. The van der Waals surface area contributed by atoms with Crippen molar-refractivity contribution in [3.63, 3.8) is 0 Å². The summed E-state index contributed by atoms with van der Waals surface area (Å²) < 4.78 is 1.88. The molecule has 3 aromatic rings. The Morgan fingerprint density at radius 1 is 1.15 bits per heavy atom. The van der Waals surface area contributed by atoms with E-state index in [0.717, 1.165) is 54.4 Å². The van der Waals surface area contributed by atoms with Gasteiger partial charge < -0.3 is 11.1 Å². The maximum atomic E-state index is 6.26.